The summed E-state index contributed by atoms with van der Waals surface area (Å²) in [6.45, 7) is 11.4. The molecular formula is C17H25ClN2O4SSi. The Morgan fingerprint density at radius 3 is 2.58 bits per heavy atom. The summed E-state index contributed by atoms with van der Waals surface area (Å²) in [5.74, 6) is 0.0924. The van der Waals surface area contributed by atoms with Gasteiger partial charge in [0, 0.05) is 0 Å². The van der Waals surface area contributed by atoms with Gasteiger partial charge in [-0.2, -0.15) is 4.99 Å². The minimum atomic E-state index is -1.86. The molecule has 6 nitrogen and oxygen atoms in total. The summed E-state index contributed by atoms with van der Waals surface area (Å²) >= 11 is 7.28. The summed E-state index contributed by atoms with van der Waals surface area (Å²) in [5, 5.41) is 12.3. The fourth-order valence-electron chi connectivity index (χ4n) is 1.64. The van der Waals surface area contributed by atoms with Gasteiger partial charge in [-0.25, -0.2) is 4.79 Å². The van der Waals surface area contributed by atoms with E-state index in [0.29, 0.717) is 23.6 Å². The van der Waals surface area contributed by atoms with Gasteiger partial charge in [0.2, 0.25) is 0 Å². The minimum Gasteiger partial charge on any atom is -0.463 e. The van der Waals surface area contributed by atoms with Crippen molar-refractivity contribution in [2.45, 2.75) is 45.5 Å². The minimum absolute atomic E-state index is 0.0924. The molecule has 0 aliphatic heterocycles. The number of amidine groups is 1. The number of carboxylic acid groups (broad SMARTS) is 1. The number of rotatable bonds is 6. The van der Waals surface area contributed by atoms with Crippen molar-refractivity contribution in [3.63, 3.8) is 0 Å². The molecule has 1 aromatic rings. The molecule has 2 N–H and O–H groups in total. The Balaban J connectivity index is 2.86. The molecule has 0 radical (unpaired) electrons. The van der Waals surface area contributed by atoms with Crippen LogP contribution in [-0.2, 0) is 15.8 Å². The van der Waals surface area contributed by atoms with Crippen LogP contribution in [0.5, 0.6) is 0 Å². The van der Waals surface area contributed by atoms with Crippen LogP contribution >= 0.6 is 23.4 Å². The summed E-state index contributed by atoms with van der Waals surface area (Å²) in [6, 6.07) is 5.38. The molecule has 26 heavy (non-hydrogen) atoms. The van der Waals surface area contributed by atoms with Crippen molar-refractivity contribution in [3.8, 4) is 0 Å². The van der Waals surface area contributed by atoms with Crippen molar-refractivity contribution < 1.29 is 19.1 Å². The molecule has 0 aliphatic rings. The Bertz CT molecular complexity index is 690. The maximum Gasteiger partial charge on any atom is 0.433 e. The first-order chi connectivity index (χ1) is 12.0. The predicted molar refractivity (Wildman–Crippen MR) is 111 cm³/mol. The molecule has 0 aliphatic carbocycles. The number of benzene rings is 1. The van der Waals surface area contributed by atoms with Crippen molar-refractivity contribution in [2.24, 2.45) is 4.99 Å². The molecule has 0 atom stereocenters. The molecule has 0 fully saturated rings. The van der Waals surface area contributed by atoms with E-state index in [1.807, 2.05) is 6.07 Å². The zero-order chi connectivity index (χ0) is 20.0. The molecule has 144 valence electrons. The molecule has 0 aromatic heterocycles. The number of aliphatic imine (C=N–C) groups is 1. The van der Waals surface area contributed by atoms with Crippen molar-refractivity contribution >= 4 is 54.9 Å². The van der Waals surface area contributed by atoms with Gasteiger partial charge in [0.25, 0.3) is 0 Å². The fourth-order valence-corrected chi connectivity index (χ4v) is 3.40. The lowest BCUT2D eigenvalue weighted by Crippen LogP contribution is -2.40. The number of nitrogens with one attached hydrogen (secondary N) is 1. The van der Waals surface area contributed by atoms with E-state index in [4.69, 9.17) is 21.1 Å². The Morgan fingerprint density at radius 1 is 1.42 bits per heavy atom. The van der Waals surface area contributed by atoms with E-state index in [2.05, 4.69) is 44.2 Å². The monoisotopic (exact) mass is 416 g/mol. The molecule has 0 saturated carbocycles. The highest BCUT2D eigenvalue weighted by Crippen LogP contribution is 2.37. The van der Waals surface area contributed by atoms with Crippen molar-refractivity contribution in [3.05, 3.63) is 28.8 Å². The van der Waals surface area contributed by atoms with Gasteiger partial charge in [-0.3, -0.25) is 0 Å². The summed E-state index contributed by atoms with van der Waals surface area (Å²) < 4.78 is 6.18. The molecule has 0 heterocycles. The third kappa shape index (κ3) is 7.11. The zero-order valence-corrected chi connectivity index (χ0v) is 18.2. The van der Waals surface area contributed by atoms with E-state index >= 15 is 0 Å². The smallest absolute Gasteiger partial charge is 0.433 e. The third-order valence-corrected chi connectivity index (χ3v) is 9.73. The number of nitrogens with zero attached hydrogens (tertiary/aromatic N) is 1. The van der Waals surface area contributed by atoms with Gasteiger partial charge in [0.15, 0.2) is 13.5 Å². The largest absolute Gasteiger partial charge is 0.463 e. The van der Waals surface area contributed by atoms with Crippen LogP contribution in [0.1, 0.15) is 26.3 Å². The summed E-state index contributed by atoms with van der Waals surface area (Å²) in [6.07, 6.45) is -0.673. The SMILES string of the molecule is CC(C)(C)[Si](C)(C)OCc1ccc(N/C(=N/C(=O)O)SCC=O)c(Cl)c1. The molecule has 9 heteroatoms. The van der Waals surface area contributed by atoms with Crippen LogP contribution < -0.4 is 5.32 Å². The first-order valence-corrected chi connectivity index (χ1v) is 12.3. The van der Waals surface area contributed by atoms with E-state index in [0.717, 1.165) is 17.3 Å². The second kappa shape index (κ2) is 9.54. The second-order valence-electron chi connectivity index (χ2n) is 7.17. The van der Waals surface area contributed by atoms with Gasteiger partial charge >= 0.3 is 6.09 Å². The Hall–Kier alpha value is -1.35. The number of hydrogen-bond acceptors (Lipinski definition) is 4. The van der Waals surface area contributed by atoms with Gasteiger partial charge in [-0.05, 0) is 35.8 Å². The Morgan fingerprint density at radius 2 is 2.08 bits per heavy atom. The average Bonchev–Trinajstić information content (AvgIpc) is 2.51. The lowest BCUT2D eigenvalue weighted by molar-refractivity contribution is -0.105. The lowest BCUT2D eigenvalue weighted by atomic mass is 10.2. The number of anilines is 1. The van der Waals surface area contributed by atoms with Crippen LogP contribution in [0.4, 0.5) is 10.5 Å². The maximum atomic E-state index is 10.8. The number of thioether (sulfide) groups is 1. The van der Waals surface area contributed by atoms with Crippen LogP contribution in [-0.4, -0.2) is 36.7 Å². The number of aldehydes is 1. The average molecular weight is 417 g/mol. The van der Waals surface area contributed by atoms with E-state index < -0.39 is 14.4 Å². The number of halogens is 1. The van der Waals surface area contributed by atoms with Gasteiger partial charge in [-0.1, -0.05) is 50.2 Å². The normalized spacial score (nSPS) is 12.8. The molecule has 1 amide bonds. The Labute approximate surface area is 164 Å². The number of carbonyl (C=O) groups excluding carboxylic acids is 1. The highest BCUT2D eigenvalue weighted by molar-refractivity contribution is 8.14. The van der Waals surface area contributed by atoms with E-state index in [-0.39, 0.29) is 16.0 Å². The topological polar surface area (TPSA) is 88.0 Å². The van der Waals surface area contributed by atoms with Crippen LogP contribution in [0.2, 0.25) is 23.2 Å². The first-order valence-electron chi connectivity index (χ1n) is 8.04. The molecule has 0 spiro atoms. The summed E-state index contributed by atoms with van der Waals surface area (Å²) in [4.78, 5) is 24.7. The van der Waals surface area contributed by atoms with Crippen molar-refractivity contribution in [1.82, 2.24) is 0 Å². The predicted octanol–water partition coefficient (Wildman–Crippen LogP) is 5.24. The number of carbonyl (C=O) groups is 2. The molecule has 0 unspecified atom stereocenters. The van der Waals surface area contributed by atoms with Crippen molar-refractivity contribution in [2.75, 3.05) is 11.1 Å². The zero-order valence-electron chi connectivity index (χ0n) is 15.6. The second-order valence-corrected chi connectivity index (χ2v) is 13.4. The Kier molecular flexibility index (Phi) is 8.33. The number of hydrogen-bond donors (Lipinski definition) is 2. The number of amides is 1. The van der Waals surface area contributed by atoms with Gasteiger partial charge in [-0.15, -0.1) is 0 Å². The molecule has 1 aromatic carbocycles. The van der Waals surface area contributed by atoms with Gasteiger partial charge in [0.1, 0.15) is 6.29 Å². The van der Waals surface area contributed by atoms with Crippen LogP contribution in [0.3, 0.4) is 0 Å². The van der Waals surface area contributed by atoms with Crippen LogP contribution in [0, 0.1) is 0 Å². The van der Waals surface area contributed by atoms with Crippen molar-refractivity contribution in [1.29, 1.82) is 0 Å². The molecule has 1 rings (SSSR count). The van der Waals surface area contributed by atoms with Crippen LogP contribution in [0.15, 0.2) is 23.2 Å². The van der Waals surface area contributed by atoms with Crippen LogP contribution in [0.25, 0.3) is 0 Å². The highest BCUT2D eigenvalue weighted by atomic mass is 35.5. The molecular weight excluding hydrogens is 392 g/mol. The summed E-state index contributed by atoms with van der Waals surface area (Å²) in [5.41, 5.74) is 1.45. The van der Waals surface area contributed by atoms with Gasteiger partial charge in [0.05, 0.1) is 23.1 Å². The summed E-state index contributed by atoms with van der Waals surface area (Å²) in [7, 11) is -1.86. The lowest BCUT2D eigenvalue weighted by Gasteiger charge is -2.36. The standard InChI is InChI=1S/C17H25ClN2O4SSi/c1-17(2,3)26(4,5)24-11-12-6-7-14(13(18)10-12)19-15(20-16(22)23)25-9-8-21/h6-8,10H,9,11H2,1-5H3,(H,19,20)(H,22,23). The third-order valence-electron chi connectivity index (χ3n) is 4.17. The highest BCUT2D eigenvalue weighted by Gasteiger charge is 2.37. The molecule has 0 bridgehead atoms. The van der Waals surface area contributed by atoms with E-state index in [9.17, 15) is 9.59 Å². The maximum absolute atomic E-state index is 10.8. The molecule has 0 saturated heterocycles. The van der Waals surface area contributed by atoms with E-state index in [1.165, 1.54) is 0 Å². The van der Waals surface area contributed by atoms with Gasteiger partial charge < -0.3 is 19.6 Å². The quantitative estimate of drug-likeness (QED) is 0.285. The fraction of sp³-hybridized carbons (Fsp3) is 0.471. The van der Waals surface area contributed by atoms with E-state index in [1.54, 1.807) is 12.1 Å². The first kappa shape index (κ1) is 22.7.